The van der Waals surface area contributed by atoms with Gasteiger partial charge in [0, 0.05) is 47.4 Å². The molecule has 140 valence electrons. The number of halogens is 4. The second-order valence-electron chi connectivity index (χ2n) is 5.79. The fourth-order valence-electron chi connectivity index (χ4n) is 2.80. The normalized spacial score (nSPS) is 12.6. The third-order valence-electron chi connectivity index (χ3n) is 4.02. The highest BCUT2D eigenvalue weighted by atomic mass is 19.4. The fraction of sp³-hybridized carbons (Fsp3) is 0.211. The molecule has 2 aromatic heterocycles. The van der Waals surface area contributed by atoms with Crippen LogP contribution in [0.2, 0.25) is 0 Å². The molecule has 1 unspecified atom stereocenters. The molecule has 0 saturated carbocycles. The summed E-state index contributed by atoms with van der Waals surface area (Å²) in [6.45, 7) is 2.01. The number of rotatable bonds is 5. The predicted octanol–water partition coefficient (Wildman–Crippen LogP) is 5.12. The highest BCUT2D eigenvalue weighted by Crippen LogP contribution is 2.31. The zero-order chi connectivity index (χ0) is 19.4. The largest absolute Gasteiger partial charge is 0.573 e. The van der Waals surface area contributed by atoms with Crippen molar-refractivity contribution in [2.75, 3.05) is 0 Å². The van der Waals surface area contributed by atoms with Crippen LogP contribution in [0.1, 0.15) is 30.5 Å². The minimum Gasteiger partial charge on any atom is -0.406 e. The number of benzene rings is 1. The lowest BCUT2D eigenvalue weighted by Gasteiger charge is -2.15. The molecule has 8 heteroatoms. The number of aromatic nitrogens is 3. The average Bonchev–Trinajstić information content (AvgIpc) is 2.63. The van der Waals surface area contributed by atoms with E-state index >= 15 is 0 Å². The molecular formula is C19H15F4N3O. The molecule has 0 aliphatic rings. The van der Waals surface area contributed by atoms with Crippen molar-refractivity contribution in [3.63, 3.8) is 0 Å². The summed E-state index contributed by atoms with van der Waals surface area (Å²) in [5.41, 5.74) is 2.28. The van der Waals surface area contributed by atoms with Gasteiger partial charge in [0.05, 0.1) is 0 Å². The summed E-state index contributed by atoms with van der Waals surface area (Å²) in [6.07, 6.45) is 2.28. The molecule has 0 spiro atoms. The van der Waals surface area contributed by atoms with Crippen molar-refractivity contribution in [3.8, 4) is 16.9 Å². The van der Waals surface area contributed by atoms with Gasteiger partial charge in [0.1, 0.15) is 17.9 Å². The molecular weight excluding hydrogens is 362 g/mol. The molecule has 0 bridgehead atoms. The number of nitrogens with zero attached hydrogens (tertiary/aromatic N) is 3. The van der Waals surface area contributed by atoms with Crippen LogP contribution in [0.5, 0.6) is 5.75 Å². The van der Waals surface area contributed by atoms with E-state index in [2.05, 4.69) is 19.7 Å². The zero-order valence-corrected chi connectivity index (χ0v) is 14.2. The van der Waals surface area contributed by atoms with Crippen molar-refractivity contribution < 1.29 is 22.3 Å². The van der Waals surface area contributed by atoms with E-state index in [1.807, 2.05) is 6.92 Å². The molecule has 1 atom stereocenters. The minimum absolute atomic E-state index is 0.00680. The van der Waals surface area contributed by atoms with Crippen LogP contribution < -0.4 is 4.74 Å². The molecule has 0 amide bonds. The Morgan fingerprint density at radius 3 is 2.33 bits per heavy atom. The molecule has 0 aliphatic carbocycles. The summed E-state index contributed by atoms with van der Waals surface area (Å²) in [5.74, 6) is -1.44. The van der Waals surface area contributed by atoms with E-state index in [-0.39, 0.29) is 11.5 Å². The van der Waals surface area contributed by atoms with Gasteiger partial charge in [-0.1, -0.05) is 13.0 Å². The SMILES string of the molecule is CCC(c1cncnc1)c1ccc(-c2ccc(OC(F)(F)F)cc2F)cn1. The van der Waals surface area contributed by atoms with Gasteiger partial charge in [-0.15, -0.1) is 13.2 Å². The van der Waals surface area contributed by atoms with Gasteiger partial charge in [0.2, 0.25) is 0 Å². The number of alkyl halides is 3. The molecule has 2 heterocycles. The van der Waals surface area contributed by atoms with Crippen molar-refractivity contribution in [3.05, 3.63) is 72.3 Å². The lowest BCUT2D eigenvalue weighted by atomic mass is 9.94. The van der Waals surface area contributed by atoms with Gasteiger partial charge in [-0.05, 0) is 30.2 Å². The quantitative estimate of drug-likeness (QED) is 0.579. The Hall–Kier alpha value is -3.03. The van der Waals surface area contributed by atoms with E-state index in [0.29, 0.717) is 11.6 Å². The van der Waals surface area contributed by atoms with Crippen LogP contribution in [-0.4, -0.2) is 21.3 Å². The molecule has 1 aromatic carbocycles. The molecule has 0 aliphatic heterocycles. The standard InChI is InChI=1S/C19H15F4N3O/c1-2-15(13-8-24-11-25-9-13)18-6-3-12(10-26-18)16-5-4-14(7-17(16)20)27-19(21,22)23/h3-11,15H,2H2,1H3. The maximum absolute atomic E-state index is 14.2. The third kappa shape index (κ3) is 4.58. The summed E-state index contributed by atoms with van der Waals surface area (Å²) in [4.78, 5) is 12.4. The molecule has 0 N–H and O–H groups in total. The molecule has 4 nitrogen and oxygen atoms in total. The Morgan fingerprint density at radius 2 is 1.78 bits per heavy atom. The predicted molar refractivity (Wildman–Crippen MR) is 90.5 cm³/mol. The second-order valence-corrected chi connectivity index (χ2v) is 5.79. The number of pyridine rings is 1. The van der Waals surface area contributed by atoms with Crippen molar-refractivity contribution in [1.82, 2.24) is 15.0 Å². The molecule has 0 fully saturated rings. The van der Waals surface area contributed by atoms with E-state index in [1.54, 1.807) is 24.5 Å². The van der Waals surface area contributed by atoms with E-state index in [4.69, 9.17) is 0 Å². The van der Waals surface area contributed by atoms with Crippen molar-refractivity contribution in [2.24, 2.45) is 0 Å². The van der Waals surface area contributed by atoms with Crippen LogP contribution in [0, 0.1) is 5.82 Å². The Bertz CT molecular complexity index is 899. The highest BCUT2D eigenvalue weighted by molar-refractivity contribution is 5.64. The van der Waals surface area contributed by atoms with Gasteiger partial charge in [0.15, 0.2) is 0 Å². The van der Waals surface area contributed by atoms with Crippen LogP contribution in [-0.2, 0) is 0 Å². The Kier molecular flexibility index (Phi) is 5.34. The maximum atomic E-state index is 14.2. The van der Waals surface area contributed by atoms with Crippen LogP contribution in [0.4, 0.5) is 17.6 Å². The Balaban J connectivity index is 1.85. The summed E-state index contributed by atoms with van der Waals surface area (Å²) in [6, 6.07) is 6.44. The molecule has 27 heavy (non-hydrogen) atoms. The van der Waals surface area contributed by atoms with E-state index < -0.39 is 17.9 Å². The third-order valence-corrected chi connectivity index (χ3v) is 4.02. The first-order chi connectivity index (χ1) is 12.9. The number of ether oxygens (including phenoxy) is 1. The van der Waals surface area contributed by atoms with Gasteiger partial charge in [0.25, 0.3) is 0 Å². The lowest BCUT2D eigenvalue weighted by Crippen LogP contribution is -2.17. The van der Waals surface area contributed by atoms with Crippen molar-refractivity contribution in [1.29, 1.82) is 0 Å². The van der Waals surface area contributed by atoms with Crippen LogP contribution in [0.15, 0.2) is 55.2 Å². The van der Waals surface area contributed by atoms with Gasteiger partial charge in [-0.3, -0.25) is 4.98 Å². The maximum Gasteiger partial charge on any atom is 0.573 e. The van der Waals surface area contributed by atoms with Crippen LogP contribution in [0.25, 0.3) is 11.1 Å². The van der Waals surface area contributed by atoms with E-state index in [9.17, 15) is 17.6 Å². The second kappa shape index (κ2) is 7.69. The first-order valence-corrected chi connectivity index (χ1v) is 8.14. The average molecular weight is 377 g/mol. The Labute approximate surface area is 152 Å². The van der Waals surface area contributed by atoms with Crippen molar-refractivity contribution in [2.45, 2.75) is 25.6 Å². The van der Waals surface area contributed by atoms with Gasteiger partial charge >= 0.3 is 6.36 Å². The fourth-order valence-corrected chi connectivity index (χ4v) is 2.80. The molecule has 3 aromatic rings. The van der Waals surface area contributed by atoms with Crippen LogP contribution >= 0.6 is 0 Å². The smallest absolute Gasteiger partial charge is 0.406 e. The highest BCUT2D eigenvalue weighted by Gasteiger charge is 2.31. The van der Waals surface area contributed by atoms with Gasteiger partial charge in [-0.25, -0.2) is 14.4 Å². The van der Waals surface area contributed by atoms with Gasteiger partial charge < -0.3 is 4.74 Å². The monoisotopic (exact) mass is 377 g/mol. The zero-order valence-electron chi connectivity index (χ0n) is 14.2. The van der Waals surface area contributed by atoms with Crippen molar-refractivity contribution >= 4 is 0 Å². The molecule has 3 rings (SSSR count). The topological polar surface area (TPSA) is 47.9 Å². The first-order valence-electron chi connectivity index (χ1n) is 8.14. The summed E-state index contributed by atoms with van der Waals surface area (Å²) >= 11 is 0. The summed E-state index contributed by atoms with van der Waals surface area (Å²) in [7, 11) is 0. The molecule has 0 radical (unpaired) electrons. The summed E-state index contributed by atoms with van der Waals surface area (Å²) in [5, 5.41) is 0. The summed E-state index contributed by atoms with van der Waals surface area (Å²) < 4.78 is 54.6. The number of hydrogen-bond acceptors (Lipinski definition) is 4. The van der Waals surface area contributed by atoms with Crippen LogP contribution in [0.3, 0.4) is 0 Å². The van der Waals surface area contributed by atoms with Gasteiger partial charge in [-0.2, -0.15) is 0 Å². The Morgan fingerprint density at radius 1 is 1.04 bits per heavy atom. The number of hydrogen-bond donors (Lipinski definition) is 0. The first kappa shape index (κ1) is 18.8. The lowest BCUT2D eigenvalue weighted by molar-refractivity contribution is -0.274. The van der Waals surface area contributed by atoms with E-state index in [1.165, 1.54) is 18.6 Å². The van der Waals surface area contributed by atoms with E-state index in [0.717, 1.165) is 23.7 Å². The minimum atomic E-state index is -4.87. The molecule has 0 saturated heterocycles.